The van der Waals surface area contributed by atoms with Crippen LogP contribution in [0.3, 0.4) is 0 Å². The second-order valence-corrected chi connectivity index (χ2v) is 16.5. The molecule has 1 heterocycles. The van der Waals surface area contributed by atoms with Crippen LogP contribution in [0.25, 0.3) is 53.9 Å². The Morgan fingerprint density at radius 3 is 1.23 bits per heavy atom. The standard InChI is InChI=1S/C44H47BO2/c1-41(2,3)28-23-24-36-37(25-28)34-21-15-13-19-32(34)30-17-11-12-18-31(30)33-20-14-16-22-35(33)38-26-29(42(4,5)6)27-39(40(36)38)45-46-43(7,8)44(9,10)47-45/h11-27H,1-10H3. The van der Waals surface area contributed by atoms with Crippen molar-refractivity contribution in [3.8, 4) is 0 Å². The molecule has 0 bridgehead atoms. The Bertz CT molecular complexity index is 2260. The van der Waals surface area contributed by atoms with Gasteiger partial charge >= 0.3 is 7.12 Å². The monoisotopic (exact) mass is 618 g/mol. The van der Waals surface area contributed by atoms with Crippen LogP contribution in [0, 0.1) is 0 Å². The van der Waals surface area contributed by atoms with Gasteiger partial charge in [0.2, 0.25) is 0 Å². The number of hydrogen-bond acceptors (Lipinski definition) is 2. The van der Waals surface area contributed by atoms with Gasteiger partial charge in [-0.2, -0.15) is 0 Å². The zero-order valence-electron chi connectivity index (χ0n) is 29.7. The third kappa shape index (κ3) is 5.29. The summed E-state index contributed by atoms with van der Waals surface area (Å²) in [5, 5.41) is 12.2. The molecule has 0 radical (unpaired) electrons. The van der Waals surface area contributed by atoms with Gasteiger partial charge in [-0.25, -0.2) is 0 Å². The van der Waals surface area contributed by atoms with Crippen molar-refractivity contribution in [3.63, 3.8) is 0 Å². The average Bonchev–Trinajstić information content (AvgIpc) is 3.25. The first-order chi connectivity index (χ1) is 22.1. The third-order valence-corrected chi connectivity index (χ3v) is 10.6. The molecular weight excluding hydrogens is 571 g/mol. The number of hydrogen-bond donors (Lipinski definition) is 0. The van der Waals surface area contributed by atoms with E-state index in [9.17, 15) is 0 Å². The SMILES string of the molecule is CC(C)(C)c1ccc2c(c1)c1ccccc1c1ccccc1c1ccccc1c1cc(C(C)(C)C)cc(B3OC(C)(C)C(C)(C)O3)c21. The first kappa shape index (κ1) is 31.7. The van der Waals surface area contributed by atoms with Crippen molar-refractivity contribution < 1.29 is 9.31 Å². The molecule has 6 aromatic rings. The summed E-state index contributed by atoms with van der Waals surface area (Å²) >= 11 is 0. The molecule has 7 rings (SSSR count). The summed E-state index contributed by atoms with van der Waals surface area (Å²) in [5.41, 5.74) is 2.59. The lowest BCUT2D eigenvalue weighted by Gasteiger charge is -2.32. The Morgan fingerprint density at radius 2 is 0.809 bits per heavy atom. The van der Waals surface area contributed by atoms with E-state index >= 15 is 0 Å². The van der Waals surface area contributed by atoms with Crippen LogP contribution in [0.2, 0.25) is 0 Å². The van der Waals surface area contributed by atoms with Crippen molar-refractivity contribution in [2.45, 2.75) is 91.3 Å². The van der Waals surface area contributed by atoms with Crippen LogP contribution in [0.1, 0.15) is 80.4 Å². The van der Waals surface area contributed by atoms with Gasteiger partial charge in [0.15, 0.2) is 0 Å². The minimum Gasteiger partial charge on any atom is -0.399 e. The summed E-state index contributed by atoms with van der Waals surface area (Å²) in [6.07, 6.45) is 0. The highest BCUT2D eigenvalue weighted by molar-refractivity contribution is 6.66. The van der Waals surface area contributed by atoms with Crippen molar-refractivity contribution in [2.24, 2.45) is 0 Å². The molecule has 3 heteroatoms. The molecule has 47 heavy (non-hydrogen) atoms. The van der Waals surface area contributed by atoms with Crippen molar-refractivity contribution in [2.75, 3.05) is 0 Å². The molecule has 2 nitrogen and oxygen atoms in total. The highest BCUT2D eigenvalue weighted by atomic mass is 16.7. The van der Waals surface area contributed by atoms with E-state index in [-0.39, 0.29) is 10.8 Å². The molecule has 1 fully saturated rings. The fourth-order valence-electron chi connectivity index (χ4n) is 7.08. The van der Waals surface area contributed by atoms with Gasteiger partial charge in [0.05, 0.1) is 11.2 Å². The molecule has 0 saturated carbocycles. The lowest BCUT2D eigenvalue weighted by molar-refractivity contribution is 0.00578. The topological polar surface area (TPSA) is 18.5 Å². The van der Waals surface area contributed by atoms with Gasteiger partial charge < -0.3 is 9.31 Å². The molecule has 0 atom stereocenters. The summed E-state index contributed by atoms with van der Waals surface area (Å²) in [6, 6.07) is 38.6. The minimum absolute atomic E-state index is 0.0166. The van der Waals surface area contributed by atoms with Crippen LogP contribution in [0.15, 0.2) is 103 Å². The van der Waals surface area contributed by atoms with E-state index in [0.29, 0.717) is 0 Å². The van der Waals surface area contributed by atoms with Crippen LogP contribution in [0.5, 0.6) is 0 Å². The third-order valence-electron chi connectivity index (χ3n) is 10.6. The highest BCUT2D eigenvalue weighted by Gasteiger charge is 2.52. The average molecular weight is 619 g/mol. The molecule has 1 saturated heterocycles. The second-order valence-electron chi connectivity index (χ2n) is 16.5. The predicted molar refractivity (Wildman–Crippen MR) is 205 cm³/mol. The fraction of sp³-hybridized carbons (Fsp3) is 0.318. The summed E-state index contributed by atoms with van der Waals surface area (Å²) in [5.74, 6) is 0. The van der Waals surface area contributed by atoms with Crippen molar-refractivity contribution >= 4 is 66.4 Å². The van der Waals surface area contributed by atoms with E-state index in [4.69, 9.17) is 9.31 Å². The molecule has 0 spiro atoms. The molecule has 1 aliphatic rings. The molecule has 6 aromatic carbocycles. The molecule has 0 N–H and O–H groups in total. The van der Waals surface area contributed by atoms with Crippen LogP contribution < -0.4 is 5.46 Å². The van der Waals surface area contributed by atoms with Gasteiger partial charge in [-0.1, -0.05) is 139 Å². The maximum atomic E-state index is 6.90. The van der Waals surface area contributed by atoms with Gasteiger partial charge in [-0.15, -0.1) is 0 Å². The Balaban J connectivity index is 1.87. The van der Waals surface area contributed by atoms with Crippen LogP contribution >= 0.6 is 0 Å². The zero-order valence-corrected chi connectivity index (χ0v) is 29.7. The normalized spacial score (nSPS) is 16.4. The number of fused-ring (bicyclic) bond motifs is 10. The van der Waals surface area contributed by atoms with Gasteiger partial charge in [0, 0.05) is 0 Å². The Hall–Kier alpha value is -3.92. The summed E-state index contributed by atoms with van der Waals surface area (Å²) in [6.45, 7) is 22.4. The summed E-state index contributed by atoms with van der Waals surface area (Å²) in [4.78, 5) is 0. The molecule has 0 aliphatic carbocycles. The van der Waals surface area contributed by atoms with Crippen molar-refractivity contribution in [3.05, 3.63) is 114 Å². The molecule has 0 aromatic heterocycles. The maximum absolute atomic E-state index is 6.90. The first-order valence-electron chi connectivity index (χ1n) is 17.0. The van der Waals surface area contributed by atoms with E-state index in [2.05, 4.69) is 172 Å². The van der Waals surface area contributed by atoms with E-state index in [1.807, 2.05) is 0 Å². The molecule has 1 aliphatic heterocycles. The van der Waals surface area contributed by atoms with Crippen LogP contribution in [0.4, 0.5) is 0 Å². The Kier molecular flexibility index (Phi) is 7.28. The zero-order chi connectivity index (χ0) is 33.5. The quantitative estimate of drug-likeness (QED) is 0.171. The predicted octanol–water partition coefficient (Wildman–Crippen LogP) is 11.5. The molecule has 238 valence electrons. The van der Waals surface area contributed by atoms with Crippen LogP contribution in [-0.4, -0.2) is 18.3 Å². The molecular formula is C44H47BO2. The maximum Gasteiger partial charge on any atom is 0.495 e. The Labute approximate surface area is 280 Å². The smallest absolute Gasteiger partial charge is 0.399 e. The van der Waals surface area contributed by atoms with Crippen LogP contribution in [-0.2, 0) is 20.1 Å². The summed E-state index contributed by atoms with van der Waals surface area (Å²) < 4.78 is 13.8. The minimum atomic E-state index is -0.524. The largest absolute Gasteiger partial charge is 0.495 e. The molecule has 0 unspecified atom stereocenters. The highest BCUT2D eigenvalue weighted by Crippen LogP contribution is 2.41. The molecule has 0 amide bonds. The lowest BCUT2D eigenvalue weighted by atomic mass is 9.71. The lowest BCUT2D eigenvalue weighted by Crippen LogP contribution is -2.41. The van der Waals surface area contributed by atoms with Gasteiger partial charge in [0.1, 0.15) is 0 Å². The van der Waals surface area contributed by atoms with Crippen molar-refractivity contribution in [1.29, 1.82) is 0 Å². The van der Waals surface area contributed by atoms with Gasteiger partial charge in [0.25, 0.3) is 0 Å². The number of rotatable bonds is 1. The van der Waals surface area contributed by atoms with Gasteiger partial charge in [-0.05, 0) is 115 Å². The van der Waals surface area contributed by atoms with Crippen molar-refractivity contribution in [1.82, 2.24) is 0 Å². The first-order valence-corrected chi connectivity index (χ1v) is 17.0. The van der Waals surface area contributed by atoms with E-state index < -0.39 is 18.3 Å². The van der Waals surface area contributed by atoms with E-state index in [1.165, 1.54) is 65.0 Å². The van der Waals surface area contributed by atoms with E-state index in [0.717, 1.165) is 5.46 Å². The second kappa shape index (κ2) is 10.8. The summed E-state index contributed by atoms with van der Waals surface area (Å²) in [7, 11) is -0.524. The van der Waals surface area contributed by atoms with E-state index in [1.54, 1.807) is 0 Å². The van der Waals surface area contributed by atoms with Gasteiger partial charge in [-0.3, -0.25) is 0 Å². The Morgan fingerprint density at radius 1 is 0.426 bits per heavy atom. The fourth-order valence-corrected chi connectivity index (χ4v) is 7.08. The number of benzene rings is 5.